The second-order valence-electron chi connectivity index (χ2n) is 5.14. The van der Waals surface area contributed by atoms with Crippen molar-refractivity contribution >= 4 is 5.91 Å². The van der Waals surface area contributed by atoms with Gasteiger partial charge in [-0.2, -0.15) is 0 Å². The maximum atomic E-state index is 12.0. The van der Waals surface area contributed by atoms with E-state index in [1.54, 1.807) is 0 Å². The molecule has 0 saturated carbocycles. The van der Waals surface area contributed by atoms with Crippen LogP contribution in [0.3, 0.4) is 0 Å². The van der Waals surface area contributed by atoms with Gasteiger partial charge < -0.3 is 15.4 Å². The maximum Gasteiger partial charge on any atom is 0.239 e. The Labute approximate surface area is 91.8 Å². The highest BCUT2D eigenvalue weighted by molar-refractivity contribution is 5.82. The van der Waals surface area contributed by atoms with Crippen LogP contribution in [0.2, 0.25) is 0 Å². The zero-order valence-corrected chi connectivity index (χ0v) is 10.1. The van der Waals surface area contributed by atoms with E-state index < -0.39 is 0 Å². The van der Waals surface area contributed by atoms with Gasteiger partial charge in [-0.3, -0.25) is 4.79 Å². The van der Waals surface area contributed by atoms with Gasteiger partial charge in [0.05, 0.1) is 18.2 Å². The SMILES string of the molecule is CC(C)[C@@H](N)C(=O)N1CCOC(C)(C)C1. The van der Waals surface area contributed by atoms with E-state index in [4.69, 9.17) is 10.5 Å². The van der Waals surface area contributed by atoms with Gasteiger partial charge in [0.25, 0.3) is 0 Å². The second-order valence-corrected chi connectivity index (χ2v) is 5.14. The molecule has 15 heavy (non-hydrogen) atoms. The first-order valence-corrected chi connectivity index (χ1v) is 5.52. The lowest BCUT2D eigenvalue weighted by molar-refractivity contribution is -0.148. The molecule has 1 fully saturated rings. The first-order valence-electron chi connectivity index (χ1n) is 5.52. The van der Waals surface area contributed by atoms with E-state index in [1.165, 1.54) is 0 Å². The summed E-state index contributed by atoms with van der Waals surface area (Å²) in [6, 6.07) is -0.390. The molecule has 88 valence electrons. The molecule has 1 amide bonds. The van der Waals surface area contributed by atoms with Crippen LogP contribution in [0.1, 0.15) is 27.7 Å². The molecule has 0 spiro atoms. The quantitative estimate of drug-likeness (QED) is 0.732. The predicted octanol–water partition coefficient (Wildman–Crippen LogP) is 0.607. The summed E-state index contributed by atoms with van der Waals surface area (Å²) in [5, 5.41) is 0. The monoisotopic (exact) mass is 214 g/mol. The molecule has 1 heterocycles. The fourth-order valence-corrected chi connectivity index (χ4v) is 1.70. The Bertz CT molecular complexity index is 239. The number of ether oxygens (including phenoxy) is 1. The van der Waals surface area contributed by atoms with Crippen molar-refractivity contribution in [2.45, 2.75) is 39.3 Å². The molecule has 0 aromatic carbocycles. The van der Waals surface area contributed by atoms with Crippen LogP contribution in [0.4, 0.5) is 0 Å². The van der Waals surface area contributed by atoms with E-state index in [1.807, 2.05) is 32.6 Å². The summed E-state index contributed by atoms with van der Waals surface area (Å²) in [5.41, 5.74) is 5.60. The van der Waals surface area contributed by atoms with Crippen molar-refractivity contribution < 1.29 is 9.53 Å². The minimum atomic E-state index is -0.390. The minimum absolute atomic E-state index is 0.0429. The standard InChI is InChI=1S/C11H22N2O2/c1-8(2)9(12)10(14)13-5-6-15-11(3,4)7-13/h8-9H,5-7,12H2,1-4H3/t9-/m1/s1. The van der Waals surface area contributed by atoms with Crippen LogP contribution in [-0.2, 0) is 9.53 Å². The van der Waals surface area contributed by atoms with Crippen molar-refractivity contribution in [3.63, 3.8) is 0 Å². The number of hydrogen-bond acceptors (Lipinski definition) is 3. The smallest absolute Gasteiger partial charge is 0.239 e. The Morgan fingerprint density at radius 2 is 2.07 bits per heavy atom. The van der Waals surface area contributed by atoms with Gasteiger partial charge in [-0.05, 0) is 19.8 Å². The lowest BCUT2D eigenvalue weighted by Crippen LogP contribution is -2.55. The van der Waals surface area contributed by atoms with Gasteiger partial charge in [0.1, 0.15) is 0 Å². The summed E-state index contributed by atoms with van der Waals surface area (Å²) < 4.78 is 5.55. The van der Waals surface area contributed by atoms with E-state index in [0.29, 0.717) is 19.7 Å². The molecule has 0 radical (unpaired) electrons. The first kappa shape index (κ1) is 12.5. The summed E-state index contributed by atoms with van der Waals surface area (Å²) in [6.45, 7) is 9.81. The summed E-state index contributed by atoms with van der Waals surface area (Å²) in [5.74, 6) is 0.227. The fourth-order valence-electron chi connectivity index (χ4n) is 1.70. The van der Waals surface area contributed by atoms with Gasteiger partial charge in [-0.15, -0.1) is 0 Å². The third-order valence-electron chi connectivity index (χ3n) is 2.74. The Morgan fingerprint density at radius 1 is 1.47 bits per heavy atom. The molecule has 0 aliphatic carbocycles. The number of rotatable bonds is 2. The third kappa shape index (κ3) is 3.18. The molecular weight excluding hydrogens is 192 g/mol. The lowest BCUT2D eigenvalue weighted by Gasteiger charge is -2.39. The topological polar surface area (TPSA) is 55.6 Å². The molecule has 1 aliphatic rings. The average molecular weight is 214 g/mol. The summed E-state index contributed by atoms with van der Waals surface area (Å²) in [6.07, 6.45) is 0. The molecule has 0 bridgehead atoms. The highest BCUT2D eigenvalue weighted by Gasteiger charge is 2.32. The first-order chi connectivity index (χ1) is 6.83. The molecule has 4 nitrogen and oxygen atoms in total. The van der Waals surface area contributed by atoms with Gasteiger partial charge in [0.15, 0.2) is 0 Å². The molecule has 0 aromatic rings. The van der Waals surface area contributed by atoms with Crippen molar-refractivity contribution in [1.82, 2.24) is 4.90 Å². The summed E-state index contributed by atoms with van der Waals surface area (Å²) in [7, 11) is 0. The molecule has 2 N–H and O–H groups in total. The van der Waals surface area contributed by atoms with Crippen LogP contribution in [0.5, 0.6) is 0 Å². The molecule has 1 saturated heterocycles. The highest BCUT2D eigenvalue weighted by Crippen LogP contribution is 2.17. The molecule has 4 heteroatoms. The van der Waals surface area contributed by atoms with Crippen LogP contribution in [-0.4, -0.2) is 42.1 Å². The van der Waals surface area contributed by atoms with Crippen LogP contribution in [0.15, 0.2) is 0 Å². The molecule has 0 aromatic heterocycles. The number of nitrogens with two attached hydrogens (primary N) is 1. The average Bonchev–Trinajstić information content (AvgIpc) is 2.13. The number of amides is 1. The molecule has 1 rings (SSSR count). The number of nitrogens with zero attached hydrogens (tertiary/aromatic N) is 1. The van der Waals surface area contributed by atoms with Crippen molar-refractivity contribution in [2.75, 3.05) is 19.7 Å². The molecule has 1 aliphatic heterocycles. The van der Waals surface area contributed by atoms with E-state index >= 15 is 0 Å². The fraction of sp³-hybridized carbons (Fsp3) is 0.909. The van der Waals surface area contributed by atoms with Crippen molar-refractivity contribution in [2.24, 2.45) is 11.7 Å². The van der Waals surface area contributed by atoms with Crippen LogP contribution >= 0.6 is 0 Å². The Morgan fingerprint density at radius 3 is 2.53 bits per heavy atom. The number of morpholine rings is 1. The molecular formula is C11H22N2O2. The minimum Gasteiger partial charge on any atom is -0.372 e. The van der Waals surface area contributed by atoms with Crippen molar-refractivity contribution in [3.8, 4) is 0 Å². The predicted molar refractivity (Wildman–Crippen MR) is 59.4 cm³/mol. The van der Waals surface area contributed by atoms with E-state index in [-0.39, 0.29) is 23.5 Å². The van der Waals surface area contributed by atoms with Crippen LogP contribution in [0, 0.1) is 5.92 Å². The molecule has 0 unspecified atom stereocenters. The van der Waals surface area contributed by atoms with Crippen LogP contribution < -0.4 is 5.73 Å². The third-order valence-corrected chi connectivity index (χ3v) is 2.74. The summed E-state index contributed by atoms with van der Waals surface area (Å²) in [4.78, 5) is 13.8. The van der Waals surface area contributed by atoms with Crippen molar-refractivity contribution in [3.05, 3.63) is 0 Å². The van der Waals surface area contributed by atoms with Gasteiger partial charge in [-0.25, -0.2) is 0 Å². The Hall–Kier alpha value is -0.610. The van der Waals surface area contributed by atoms with Crippen LogP contribution in [0.25, 0.3) is 0 Å². The lowest BCUT2D eigenvalue weighted by atomic mass is 10.0. The number of carbonyl (C=O) groups is 1. The maximum absolute atomic E-state index is 12.0. The second kappa shape index (κ2) is 4.49. The van der Waals surface area contributed by atoms with Gasteiger partial charge >= 0.3 is 0 Å². The van der Waals surface area contributed by atoms with E-state index in [0.717, 1.165) is 0 Å². The van der Waals surface area contributed by atoms with Gasteiger partial charge in [0, 0.05) is 13.1 Å². The normalized spacial score (nSPS) is 22.9. The van der Waals surface area contributed by atoms with E-state index in [9.17, 15) is 4.79 Å². The Balaban J connectivity index is 2.60. The van der Waals surface area contributed by atoms with E-state index in [2.05, 4.69) is 0 Å². The number of hydrogen-bond donors (Lipinski definition) is 1. The largest absolute Gasteiger partial charge is 0.372 e. The zero-order valence-electron chi connectivity index (χ0n) is 10.1. The van der Waals surface area contributed by atoms with Gasteiger partial charge in [0.2, 0.25) is 5.91 Å². The Kier molecular flexibility index (Phi) is 3.73. The zero-order chi connectivity index (χ0) is 11.6. The van der Waals surface area contributed by atoms with Crippen molar-refractivity contribution in [1.29, 1.82) is 0 Å². The summed E-state index contributed by atoms with van der Waals surface area (Å²) >= 11 is 0. The van der Waals surface area contributed by atoms with Gasteiger partial charge in [-0.1, -0.05) is 13.8 Å². The molecule has 1 atom stereocenters. The number of carbonyl (C=O) groups excluding carboxylic acids is 1. The highest BCUT2D eigenvalue weighted by atomic mass is 16.5.